The zero-order valence-electron chi connectivity index (χ0n) is 17.7. The van der Waals surface area contributed by atoms with Crippen LogP contribution in [0.2, 0.25) is 0 Å². The fourth-order valence-corrected chi connectivity index (χ4v) is 6.56. The molecule has 1 aliphatic carbocycles. The molecule has 3 aromatic rings. The maximum atomic E-state index is 11.1. The van der Waals surface area contributed by atoms with E-state index in [9.17, 15) is 5.11 Å². The largest absolute Gasteiger partial charge is 0.390 e. The van der Waals surface area contributed by atoms with Gasteiger partial charge in [-0.05, 0) is 76.4 Å². The lowest BCUT2D eigenvalue weighted by molar-refractivity contribution is -0.0345. The molecule has 0 amide bonds. The van der Waals surface area contributed by atoms with Gasteiger partial charge >= 0.3 is 0 Å². The fraction of sp³-hybridized carbons (Fsp3) is 0.520. The van der Waals surface area contributed by atoms with Crippen molar-refractivity contribution in [2.75, 3.05) is 19.6 Å². The molecule has 29 heavy (non-hydrogen) atoms. The molecular formula is C25H31IN2O. The highest BCUT2D eigenvalue weighted by atomic mass is 127. The molecule has 2 aromatic carbocycles. The van der Waals surface area contributed by atoms with E-state index in [4.69, 9.17) is 0 Å². The first-order valence-corrected chi connectivity index (χ1v) is 11.9. The number of rotatable bonds is 4. The van der Waals surface area contributed by atoms with E-state index in [1.807, 2.05) is 0 Å². The summed E-state index contributed by atoms with van der Waals surface area (Å²) >= 11 is 2.38. The molecule has 1 aromatic heterocycles. The van der Waals surface area contributed by atoms with Crippen LogP contribution in [0.3, 0.4) is 0 Å². The maximum Gasteiger partial charge on any atom is 0.0845 e. The van der Waals surface area contributed by atoms with Gasteiger partial charge in [0.25, 0.3) is 0 Å². The van der Waals surface area contributed by atoms with Crippen LogP contribution in [0.25, 0.3) is 21.8 Å². The number of fused-ring (bicyclic) bond motifs is 5. The minimum absolute atomic E-state index is 0.363. The van der Waals surface area contributed by atoms with E-state index in [0.29, 0.717) is 17.4 Å². The third-order valence-electron chi connectivity index (χ3n) is 8.27. The summed E-state index contributed by atoms with van der Waals surface area (Å²) in [7, 11) is 0. The van der Waals surface area contributed by atoms with Crippen molar-refractivity contribution in [1.29, 1.82) is 0 Å². The topological polar surface area (TPSA) is 28.4 Å². The zero-order chi connectivity index (χ0) is 20.4. The summed E-state index contributed by atoms with van der Waals surface area (Å²) in [5.74, 6) is 0.753. The van der Waals surface area contributed by atoms with Crippen LogP contribution in [-0.4, -0.2) is 40.3 Å². The molecule has 0 spiro atoms. The van der Waals surface area contributed by atoms with Crippen LogP contribution in [0.15, 0.2) is 42.5 Å². The molecule has 2 fully saturated rings. The van der Waals surface area contributed by atoms with Crippen LogP contribution in [0.5, 0.6) is 0 Å². The normalized spacial score (nSPS) is 27.7. The molecule has 3 atom stereocenters. The Morgan fingerprint density at radius 3 is 2.62 bits per heavy atom. The van der Waals surface area contributed by atoms with E-state index in [1.165, 1.54) is 38.2 Å². The number of aliphatic hydroxyl groups excluding tert-OH is 1. The van der Waals surface area contributed by atoms with Crippen molar-refractivity contribution < 1.29 is 5.11 Å². The van der Waals surface area contributed by atoms with E-state index < -0.39 is 0 Å². The van der Waals surface area contributed by atoms with Crippen LogP contribution in [0.1, 0.15) is 33.6 Å². The highest BCUT2D eigenvalue weighted by molar-refractivity contribution is 14.1. The number of β-amino-alcohol motifs (C(OH)–C–C–N with tert-alkyl or cyclic N) is 1. The first-order chi connectivity index (χ1) is 13.8. The molecule has 1 saturated heterocycles. The van der Waals surface area contributed by atoms with Gasteiger partial charge in [0.1, 0.15) is 0 Å². The summed E-state index contributed by atoms with van der Waals surface area (Å²) in [5.41, 5.74) is 3.23. The lowest BCUT2D eigenvalue weighted by Gasteiger charge is -2.50. The summed E-state index contributed by atoms with van der Waals surface area (Å²) < 4.78 is 3.56. The predicted molar refractivity (Wildman–Crippen MR) is 129 cm³/mol. The Labute approximate surface area is 187 Å². The highest BCUT2D eigenvalue weighted by Crippen LogP contribution is 2.58. The monoisotopic (exact) mass is 502 g/mol. The predicted octanol–water partition coefficient (Wildman–Crippen LogP) is 5.52. The first-order valence-electron chi connectivity index (χ1n) is 10.9. The van der Waals surface area contributed by atoms with Crippen molar-refractivity contribution in [2.45, 2.75) is 46.3 Å². The van der Waals surface area contributed by atoms with Gasteiger partial charge in [-0.25, -0.2) is 0 Å². The Morgan fingerprint density at radius 2 is 1.83 bits per heavy atom. The third kappa shape index (κ3) is 3.14. The first kappa shape index (κ1) is 19.8. The average molecular weight is 502 g/mol. The molecule has 154 valence electrons. The minimum atomic E-state index is -0.363. The van der Waals surface area contributed by atoms with Gasteiger partial charge in [-0.3, -0.25) is 4.90 Å². The van der Waals surface area contributed by atoms with Gasteiger partial charge in [-0.15, -0.1) is 0 Å². The van der Waals surface area contributed by atoms with E-state index in [1.54, 1.807) is 0 Å². The van der Waals surface area contributed by atoms with Gasteiger partial charge in [0.05, 0.1) is 12.6 Å². The number of aliphatic hydroxyl groups is 1. The third-order valence-corrected chi connectivity index (χ3v) is 8.94. The van der Waals surface area contributed by atoms with E-state index >= 15 is 0 Å². The van der Waals surface area contributed by atoms with Gasteiger partial charge in [-0.2, -0.15) is 0 Å². The molecule has 1 saturated carbocycles. The number of likely N-dealkylation sites (tertiary alicyclic amines) is 1. The molecule has 1 aliphatic heterocycles. The molecule has 5 rings (SSSR count). The maximum absolute atomic E-state index is 11.1. The molecule has 0 unspecified atom stereocenters. The van der Waals surface area contributed by atoms with Crippen molar-refractivity contribution >= 4 is 44.4 Å². The van der Waals surface area contributed by atoms with Gasteiger partial charge in [0, 0.05) is 45.0 Å². The lowest BCUT2D eigenvalue weighted by Crippen LogP contribution is -2.53. The highest BCUT2D eigenvalue weighted by Gasteiger charge is 2.55. The second-order valence-electron chi connectivity index (χ2n) is 10.2. The Morgan fingerprint density at radius 1 is 1.07 bits per heavy atom. The summed E-state index contributed by atoms with van der Waals surface area (Å²) in [6.07, 6.45) is 2.29. The second kappa shape index (κ2) is 6.96. The van der Waals surface area contributed by atoms with Gasteiger partial charge in [0.15, 0.2) is 0 Å². The van der Waals surface area contributed by atoms with Crippen molar-refractivity contribution in [3.63, 3.8) is 0 Å². The van der Waals surface area contributed by atoms with Crippen molar-refractivity contribution in [2.24, 2.45) is 16.7 Å². The second-order valence-corrected chi connectivity index (χ2v) is 11.4. The number of hydrogen-bond acceptors (Lipinski definition) is 2. The van der Waals surface area contributed by atoms with E-state index in [-0.39, 0.29) is 6.10 Å². The van der Waals surface area contributed by atoms with Gasteiger partial charge in [0.2, 0.25) is 0 Å². The minimum Gasteiger partial charge on any atom is -0.390 e. The number of halogens is 1. The van der Waals surface area contributed by atoms with Crippen molar-refractivity contribution in [3.8, 4) is 0 Å². The smallest absolute Gasteiger partial charge is 0.0845 e. The quantitative estimate of drug-likeness (QED) is 0.476. The lowest BCUT2D eigenvalue weighted by atomic mass is 9.63. The Bertz CT molecular complexity index is 1070. The standard InChI is InChI=1S/C25H31IN2O/c1-24(2)17-10-11-25(24,3)16-27(13-17)14-19(29)15-28-22-7-5-4-6-20(22)21-12-18(26)8-9-23(21)28/h4-9,12,17,19,29H,10-11,13-16H2,1-3H3/t17-,19+,25-/m1/s1. The average Bonchev–Trinajstić information content (AvgIpc) is 2.98. The van der Waals surface area contributed by atoms with Gasteiger partial charge < -0.3 is 9.67 Å². The number of aromatic nitrogens is 1. The van der Waals surface area contributed by atoms with Gasteiger partial charge in [-0.1, -0.05) is 39.0 Å². The van der Waals surface area contributed by atoms with Crippen LogP contribution < -0.4 is 0 Å². The number of nitrogens with zero attached hydrogens (tertiary/aromatic N) is 2. The number of hydrogen-bond donors (Lipinski definition) is 1. The molecule has 2 aliphatic rings. The number of piperidine rings is 1. The summed E-state index contributed by atoms with van der Waals surface area (Å²) in [5, 5.41) is 13.6. The summed E-state index contributed by atoms with van der Waals surface area (Å²) in [6.45, 7) is 11.0. The van der Waals surface area contributed by atoms with Crippen LogP contribution >= 0.6 is 22.6 Å². The molecule has 4 heteroatoms. The summed E-state index contributed by atoms with van der Waals surface area (Å²) in [6, 6.07) is 15.2. The molecular weight excluding hydrogens is 471 g/mol. The number of para-hydroxylation sites is 1. The Balaban J connectivity index is 1.40. The van der Waals surface area contributed by atoms with E-state index in [2.05, 4.69) is 95.3 Å². The SMILES string of the molecule is CC1(C)[C@@H]2CC[C@]1(C)CN(C[C@H](O)Cn1c3ccccc3c3cc(I)ccc31)C2. The fourth-order valence-electron chi connectivity index (χ4n) is 6.07. The van der Waals surface area contributed by atoms with Crippen LogP contribution in [0, 0.1) is 20.3 Å². The van der Waals surface area contributed by atoms with E-state index in [0.717, 1.165) is 25.6 Å². The zero-order valence-corrected chi connectivity index (χ0v) is 19.8. The molecule has 3 nitrogen and oxygen atoms in total. The van der Waals surface area contributed by atoms with Crippen LogP contribution in [-0.2, 0) is 6.54 Å². The Kier molecular flexibility index (Phi) is 4.76. The van der Waals surface area contributed by atoms with Crippen molar-refractivity contribution in [1.82, 2.24) is 9.47 Å². The molecule has 0 radical (unpaired) electrons. The van der Waals surface area contributed by atoms with Crippen LogP contribution in [0.4, 0.5) is 0 Å². The Hall–Kier alpha value is -1.11. The summed E-state index contributed by atoms with van der Waals surface area (Å²) in [4.78, 5) is 2.53. The van der Waals surface area contributed by atoms with Crippen molar-refractivity contribution in [3.05, 3.63) is 46.0 Å². The molecule has 2 heterocycles. The number of benzene rings is 2. The molecule has 2 bridgehead atoms. The molecule has 1 N–H and O–H groups in total.